The molecule has 9 heteroatoms. The Balaban J connectivity index is 1.40. The molecule has 0 aliphatic carbocycles. The summed E-state index contributed by atoms with van der Waals surface area (Å²) < 4.78 is 0. The molecule has 0 aliphatic rings. The van der Waals surface area contributed by atoms with Crippen LogP contribution in [-0.2, 0) is 11.2 Å². The van der Waals surface area contributed by atoms with E-state index in [0.717, 1.165) is 10.4 Å². The zero-order valence-electron chi connectivity index (χ0n) is 16.4. The second-order valence-corrected chi connectivity index (χ2v) is 8.07. The fourth-order valence-electron chi connectivity index (χ4n) is 3.06. The molecule has 0 radical (unpaired) electrons. The van der Waals surface area contributed by atoms with E-state index in [1.54, 1.807) is 24.3 Å². The van der Waals surface area contributed by atoms with Gasteiger partial charge in [-0.05, 0) is 31.5 Å². The number of rotatable bonds is 5. The van der Waals surface area contributed by atoms with Gasteiger partial charge in [0.25, 0.3) is 5.56 Å². The van der Waals surface area contributed by atoms with Crippen LogP contribution < -0.4 is 10.9 Å². The summed E-state index contributed by atoms with van der Waals surface area (Å²) in [6, 6.07) is 6.63. The van der Waals surface area contributed by atoms with E-state index in [2.05, 4.69) is 25.3 Å². The maximum absolute atomic E-state index is 12.3. The van der Waals surface area contributed by atoms with Gasteiger partial charge in [-0.3, -0.25) is 9.59 Å². The van der Waals surface area contributed by atoms with Gasteiger partial charge in [0, 0.05) is 23.3 Å². The first kappa shape index (κ1) is 19.7. The van der Waals surface area contributed by atoms with Crippen LogP contribution in [0.15, 0.2) is 41.5 Å². The number of hydrogen-bond donors (Lipinski definition) is 3. The number of hydrogen-bond acceptors (Lipinski definition) is 7. The topological polar surface area (TPSA) is 121 Å². The second kappa shape index (κ2) is 8.03. The number of H-pyrrole nitrogens is 1. The van der Waals surface area contributed by atoms with Gasteiger partial charge in [0.1, 0.15) is 16.4 Å². The number of aromatic nitrogens is 4. The Morgan fingerprint density at radius 1 is 1.23 bits per heavy atom. The molecule has 0 saturated heterocycles. The van der Waals surface area contributed by atoms with Gasteiger partial charge < -0.3 is 15.4 Å². The molecule has 152 valence electrons. The molecule has 1 amide bonds. The Bertz CT molecular complexity index is 1290. The Labute approximate surface area is 175 Å². The van der Waals surface area contributed by atoms with E-state index in [1.165, 1.54) is 23.7 Å². The Hall–Kier alpha value is -3.59. The minimum Gasteiger partial charge on any atom is -0.508 e. The molecule has 0 saturated carbocycles. The number of aromatic hydroxyl groups is 1. The molecule has 0 aliphatic heterocycles. The van der Waals surface area contributed by atoms with Crippen molar-refractivity contribution >= 4 is 33.1 Å². The van der Waals surface area contributed by atoms with Crippen molar-refractivity contribution in [2.45, 2.75) is 26.7 Å². The molecule has 8 nitrogen and oxygen atoms in total. The fraction of sp³-hybridized carbons (Fsp3) is 0.190. The van der Waals surface area contributed by atoms with Crippen molar-refractivity contribution in [3.63, 3.8) is 0 Å². The van der Waals surface area contributed by atoms with E-state index in [9.17, 15) is 14.7 Å². The zero-order chi connectivity index (χ0) is 21.3. The monoisotopic (exact) mass is 421 g/mol. The van der Waals surface area contributed by atoms with Gasteiger partial charge in [-0.1, -0.05) is 12.1 Å². The predicted molar refractivity (Wildman–Crippen MR) is 116 cm³/mol. The van der Waals surface area contributed by atoms with Crippen molar-refractivity contribution in [1.29, 1.82) is 0 Å². The number of nitrogens with zero attached hydrogens (tertiary/aromatic N) is 3. The molecule has 3 heterocycles. The molecule has 0 atom stereocenters. The van der Waals surface area contributed by atoms with E-state index in [1.807, 2.05) is 13.8 Å². The van der Waals surface area contributed by atoms with Crippen molar-refractivity contribution in [3.8, 4) is 17.1 Å². The van der Waals surface area contributed by atoms with E-state index in [4.69, 9.17) is 0 Å². The summed E-state index contributed by atoms with van der Waals surface area (Å²) in [7, 11) is 0. The van der Waals surface area contributed by atoms with E-state index >= 15 is 0 Å². The highest BCUT2D eigenvalue weighted by atomic mass is 32.1. The lowest BCUT2D eigenvalue weighted by Crippen LogP contribution is -2.16. The van der Waals surface area contributed by atoms with E-state index in [0.29, 0.717) is 39.5 Å². The molecular weight excluding hydrogens is 402 g/mol. The van der Waals surface area contributed by atoms with Crippen molar-refractivity contribution < 1.29 is 9.90 Å². The average molecular weight is 421 g/mol. The minimum atomic E-state index is -0.231. The van der Waals surface area contributed by atoms with E-state index in [-0.39, 0.29) is 23.6 Å². The maximum atomic E-state index is 12.3. The van der Waals surface area contributed by atoms with Crippen LogP contribution in [0.5, 0.6) is 5.75 Å². The van der Waals surface area contributed by atoms with Gasteiger partial charge in [-0.25, -0.2) is 15.0 Å². The number of phenolic OH excluding ortho intramolecular Hbond substituents is 1. The lowest BCUT2D eigenvalue weighted by atomic mass is 10.2. The number of amides is 1. The fourth-order valence-corrected chi connectivity index (χ4v) is 4.11. The smallest absolute Gasteiger partial charge is 0.259 e. The van der Waals surface area contributed by atoms with Gasteiger partial charge in [0.15, 0.2) is 5.82 Å². The number of anilines is 1. The van der Waals surface area contributed by atoms with Gasteiger partial charge in [-0.15, -0.1) is 11.3 Å². The van der Waals surface area contributed by atoms with Gasteiger partial charge in [-0.2, -0.15) is 0 Å². The number of fused-ring (bicyclic) bond motifs is 1. The highest BCUT2D eigenvalue weighted by Crippen LogP contribution is 2.25. The van der Waals surface area contributed by atoms with Crippen LogP contribution in [0.2, 0.25) is 0 Å². The first-order chi connectivity index (χ1) is 14.4. The number of aromatic amines is 1. The van der Waals surface area contributed by atoms with Gasteiger partial charge in [0.05, 0.1) is 23.5 Å². The number of phenols is 1. The predicted octanol–water partition coefficient (Wildman–Crippen LogP) is 3.34. The van der Waals surface area contributed by atoms with Crippen LogP contribution in [0.4, 0.5) is 5.69 Å². The molecule has 0 unspecified atom stereocenters. The summed E-state index contributed by atoms with van der Waals surface area (Å²) in [5, 5.41) is 12.9. The number of carbonyl (C=O) groups excluding carboxylic acids is 1. The number of thiophene rings is 1. The molecule has 30 heavy (non-hydrogen) atoms. The van der Waals surface area contributed by atoms with Crippen molar-refractivity contribution in [3.05, 3.63) is 63.3 Å². The Morgan fingerprint density at radius 3 is 2.73 bits per heavy atom. The third-order valence-corrected chi connectivity index (χ3v) is 5.82. The summed E-state index contributed by atoms with van der Waals surface area (Å²) in [4.78, 5) is 42.0. The lowest BCUT2D eigenvalue weighted by molar-refractivity contribution is -0.116. The molecule has 3 aromatic heterocycles. The highest BCUT2D eigenvalue weighted by Gasteiger charge is 2.13. The lowest BCUT2D eigenvalue weighted by Gasteiger charge is -2.06. The maximum Gasteiger partial charge on any atom is 0.259 e. The molecule has 4 rings (SSSR count). The summed E-state index contributed by atoms with van der Waals surface area (Å²) in [6.07, 6.45) is 3.49. The van der Waals surface area contributed by atoms with E-state index < -0.39 is 0 Å². The summed E-state index contributed by atoms with van der Waals surface area (Å²) >= 11 is 1.48. The molecule has 3 N–H and O–H groups in total. The molecule has 4 aromatic rings. The minimum absolute atomic E-state index is 0.131. The molecule has 0 spiro atoms. The van der Waals surface area contributed by atoms with Crippen LogP contribution in [-0.4, -0.2) is 30.9 Å². The third-order valence-electron chi connectivity index (χ3n) is 4.72. The standard InChI is InChI=1S/C21H19N5O3S/c1-11-12(2)30-21-18(11)20(29)25-16(26-21)6-7-17(28)24-14-9-22-19(23-10-14)13-4-3-5-15(27)8-13/h3-5,8-10,27H,6-7H2,1-2H3,(H,24,28)(H,25,26,29). The molecule has 0 bridgehead atoms. The first-order valence-electron chi connectivity index (χ1n) is 9.31. The normalized spacial score (nSPS) is 11.0. The second-order valence-electron chi connectivity index (χ2n) is 6.87. The largest absolute Gasteiger partial charge is 0.508 e. The van der Waals surface area contributed by atoms with Crippen LogP contribution in [0.3, 0.4) is 0 Å². The van der Waals surface area contributed by atoms with Crippen molar-refractivity contribution in [1.82, 2.24) is 19.9 Å². The third kappa shape index (κ3) is 4.06. The number of aryl methyl sites for hydroxylation is 3. The van der Waals surface area contributed by atoms with Crippen LogP contribution in [0.1, 0.15) is 22.7 Å². The summed E-state index contributed by atoms with van der Waals surface area (Å²) in [6.45, 7) is 3.87. The number of nitrogens with one attached hydrogen (secondary N) is 2. The average Bonchev–Trinajstić information content (AvgIpc) is 3.01. The number of benzene rings is 1. The Morgan fingerprint density at radius 2 is 2.00 bits per heavy atom. The first-order valence-corrected chi connectivity index (χ1v) is 10.1. The highest BCUT2D eigenvalue weighted by molar-refractivity contribution is 7.18. The van der Waals surface area contributed by atoms with Gasteiger partial charge >= 0.3 is 0 Å². The van der Waals surface area contributed by atoms with Crippen LogP contribution in [0, 0.1) is 13.8 Å². The molecule has 1 aromatic carbocycles. The van der Waals surface area contributed by atoms with Crippen LogP contribution in [0.25, 0.3) is 21.6 Å². The Kier molecular flexibility index (Phi) is 5.28. The molecular formula is C21H19N5O3S. The number of carbonyl (C=O) groups is 1. The van der Waals surface area contributed by atoms with Crippen LogP contribution >= 0.6 is 11.3 Å². The summed E-state index contributed by atoms with van der Waals surface area (Å²) in [5.74, 6) is 0.830. The van der Waals surface area contributed by atoms with Gasteiger partial charge in [0.2, 0.25) is 5.91 Å². The SMILES string of the molecule is Cc1sc2nc(CCC(=O)Nc3cnc(-c4cccc(O)c4)nc3)[nH]c(=O)c2c1C. The molecule has 0 fully saturated rings. The van der Waals surface area contributed by atoms with Crippen molar-refractivity contribution in [2.75, 3.05) is 5.32 Å². The van der Waals surface area contributed by atoms with Crippen molar-refractivity contribution in [2.24, 2.45) is 0 Å². The summed E-state index contributed by atoms with van der Waals surface area (Å²) in [5.41, 5.74) is 1.91. The quantitative estimate of drug-likeness (QED) is 0.454. The zero-order valence-corrected chi connectivity index (χ0v) is 17.2.